The molecule has 6 fully saturated rings. The molecule has 0 radical (unpaired) electrons. The summed E-state index contributed by atoms with van der Waals surface area (Å²) < 4.78 is 89.4. The lowest BCUT2D eigenvalue weighted by molar-refractivity contribution is -0.399. The lowest BCUT2D eigenvalue weighted by Crippen LogP contribution is -2.68. The highest BCUT2D eigenvalue weighted by Crippen LogP contribution is 2.40. The van der Waals surface area contributed by atoms with Gasteiger partial charge < -0.3 is 102 Å². The van der Waals surface area contributed by atoms with Crippen molar-refractivity contribution in [1.82, 2.24) is 0 Å². The van der Waals surface area contributed by atoms with E-state index in [-0.39, 0.29) is 18.9 Å². The summed E-state index contributed by atoms with van der Waals surface area (Å²) in [4.78, 5) is 55.5. The van der Waals surface area contributed by atoms with Crippen LogP contribution < -0.4 is 0 Å². The van der Waals surface area contributed by atoms with Crippen LogP contribution in [0, 0.1) is 5.92 Å². The standard InChI is InChI=1S/C71H114O25/c1-10-12-14-15-16-17-20-23-30-36-48(72)89-58-43(7)85-69(62(56(58)80)91-50(74)39-38-46-32-27-25-28-33-46)94-60-45(9)87-71(65(92-66(82)40(3)4)64(60)96-67-55(79)53(77)51(75)41(5)83-67)93-59-44(8)86-70-63(57(59)81)90-49(73)37-31-24-21-18-19-22-29-35-47(34-26-13-11-2)88-68-61(95-70)54(78)52(76)42(6)84-68/h25,27-28,32-33,38-45,47,51-65,67-71,75-81H,10-24,26,29-31,34-37H2,1-9H3/b39-38+/t41-,42+,43-,44-,45-,47+,51-,52+,53+,54-,55+,56+,57+,58-,59-,60-,61+,62+,63+,64+,65+,67-,68-,69-,70-,71-/m0/s1. The number of fused-ring (bicyclic) bond motifs is 2. The molecule has 25 heteroatoms. The van der Waals surface area contributed by atoms with E-state index in [0.717, 1.165) is 102 Å². The van der Waals surface area contributed by atoms with Gasteiger partial charge in [0.25, 0.3) is 0 Å². The van der Waals surface area contributed by atoms with E-state index in [4.69, 9.17) is 66.3 Å². The third-order valence-corrected chi connectivity index (χ3v) is 19.1. The van der Waals surface area contributed by atoms with E-state index in [1.54, 1.807) is 51.1 Å². The minimum Gasteiger partial charge on any atom is -0.457 e. The number of ether oxygens (including phenoxy) is 14. The van der Waals surface area contributed by atoms with E-state index in [1.807, 2.05) is 0 Å². The summed E-state index contributed by atoms with van der Waals surface area (Å²) in [5, 5.41) is 81.7. The van der Waals surface area contributed by atoms with E-state index in [2.05, 4.69) is 13.8 Å². The average Bonchev–Trinajstić information content (AvgIpc) is 0.769. The molecule has 548 valence electrons. The highest BCUT2D eigenvalue weighted by Gasteiger charge is 2.59. The third kappa shape index (κ3) is 22.8. The van der Waals surface area contributed by atoms with Crippen molar-refractivity contribution in [3.05, 3.63) is 42.0 Å². The van der Waals surface area contributed by atoms with E-state index in [1.165, 1.54) is 46.6 Å². The molecule has 0 spiro atoms. The molecule has 0 aromatic heterocycles. The van der Waals surface area contributed by atoms with E-state index < -0.39 is 183 Å². The topological polar surface area (TPSA) is 339 Å². The van der Waals surface area contributed by atoms with Gasteiger partial charge >= 0.3 is 23.9 Å². The summed E-state index contributed by atoms with van der Waals surface area (Å²) in [6.07, 6.45) is -17.4. The first-order chi connectivity index (χ1) is 46.0. The maximum Gasteiger partial charge on any atom is 0.331 e. The summed E-state index contributed by atoms with van der Waals surface area (Å²) >= 11 is 0. The van der Waals surface area contributed by atoms with E-state index in [9.17, 15) is 54.9 Å². The van der Waals surface area contributed by atoms with Crippen LogP contribution in [-0.2, 0) is 85.5 Å². The Morgan fingerprint density at radius 2 is 1.03 bits per heavy atom. The van der Waals surface area contributed by atoms with Crippen molar-refractivity contribution in [2.45, 2.75) is 370 Å². The molecule has 25 nitrogen and oxygen atoms in total. The monoisotopic (exact) mass is 1370 g/mol. The molecule has 0 saturated carbocycles. The first kappa shape index (κ1) is 79.5. The van der Waals surface area contributed by atoms with Gasteiger partial charge in [0.2, 0.25) is 0 Å². The second kappa shape index (κ2) is 40.0. The molecule has 7 N–H and O–H groups in total. The predicted octanol–water partition coefficient (Wildman–Crippen LogP) is 7.21. The summed E-state index contributed by atoms with van der Waals surface area (Å²) in [5.74, 6) is -3.96. The Kier molecular flexibility index (Phi) is 33.1. The number of esters is 4. The van der Waals surface area contributed by atoms with Crippen molar-refractivity contribution < 1.29 is 121 Å². The summed E-state index contributed by atoms with van der Waals surface area (Å²) in [6, 6.07) is 8.87. The van der Waals surface area contributed by atoms with Crippen LogP contribution in [0.15, 0.2) is 36.4 Å². The fourth-order valence-corrected chi connectivity index (χ4v) is 13.2. The van der Waals surface area contributed by atoms with Crippen molar-refractivity contribution in [3.63, 3.8) is 0 Å². The van der Waals surface area contributed by atoms with Crippen LogP contribution in [0.1, 0.15) is 216 Å². The number of aliphatic hydroxyl groups is 7. The number of hydrogen-bond donors (Lipinski definition) is 7. The Morgan fingerprint density at radius 1 is 0.490 bits per heavy atom. The van der Waals surface area contributed by atoms with Gasteiger partial charge in [-0.25, -0.2) is 4.79 Å². The molecule has 0 bridgehead atoms. The van der Waals surface area contributed by atoms with Crippen molar-refractivity contribution >= 4 is 30.0 Å². The number of carbonyl (C=O) groups excluding carboxylic acids is 4. The predicted molar refractivity (Wildman–Crippen MR) is 345 cm³/mol. The van der Waals surface area contributed by atoms with Crippen LogP contribution in [0.25, 0.3) is 6.08 Å². The lowest BCUT2D eigenvalue weighted by Gasteiger charge is -2.51. The average molecular weight is 1370 g/mol. The van der Waals surface area contributed by atoms with Crippen molar-refractivity contribution in [3.8, 4) is 0 Å². The van der Waals surface area contributed by atoms with Crippen molar-refractivity contribution in [2.75, 3.05) is 0 Å². The minimum absolute atomic E-state index is 0.0416. The Hall–Kier alpha value is -3.84. The minimum atomic E-state index is -1.95. The van der Waals surface area contributed by atoms with E-state index >= 15 is 0 Å². The number of rotatable bonds is 26. The Labute approximate surface area is 566 Å². The molecule has 1 aromatic carbocycles. The Balaban J connectivity index is 1.21. The summed E-state index contributed by atoms with van der Waals surface area (Å²) in [5.41, 5.74) is 0.647. The van der Waals surface area contributed by atoms with Crippen LogP contribution in [0.4, 0.5) is 0 Å². The van der Waals surface area contributed by atoms with Gasteiger partial charge in [0, 0.05) is 18.9 Å². The zero-order valence-corrected chi connectivity index (χ0v) is 57.9. The summed E-state index contributed by atoms with van der Waals surface area (Å²) in [7, 11) is 0. The molecule has 6 aliphatic heterocycles. The molecule has 6 heterocycles. The Morgan fingerprint density at radius 3 is 1.71 bits per heavy atom. The highest BCUT2D eigenvalue weighted by atomic mass is 16.8. The molecule has 7 rings (SSSR count). The second-order valence-electron chi connectivity index (χ2n) is 27.3. The summed E-state index contributed by atoms with van der Waals surface area (Å²) in [6.45, 7) is 15.0. The molecule has 96 heavy (non-hydrogen) atoms. The van der Waals surface area contributed by atoms with Crippen molar-refractivity contribution in [1.29, 1.82) is 0 Å². The second-order valence-corrected chi connectivity index (χ2v) is 27.3. The molecular weight excluding hydrogens is 1250 g/mol. The first-order valence-corrected chi connectivity index (χ1v) is 35.9. The highest BCUT2D eigenvalue weighted by molar-refractivity contribution is 5.87. The van der Waals surface area contributed by atoms with E-state index in [0.29, 0.717) is 31.2 Å². The zero-order valence-electron chi connectivity index (χ0n) is 57.9. The van der Waals surface area contributed by atoms with Gasteiger partial charge in [0.15, 0.2) is 55.9 Å². The maximum atomic E-state index is 14.2. The lowest BCUT2D eigenvalue weighted by atomic mass is 9.95. The molecule has 26 atom stereocenters. The van der Waals surface area contributed by atoms with Gasteiger partial charge in [-0.3, -0.25) is 14.4 Å². The fourth-order valence-electron chi connectivity index (χ4n) is 13.2. The molecule has 0 aliphatic carbocycles. The van der Waals surface area contributed by atoms with Gasteiger partial charge in [0.1, 0.15) is 67.1 Å². The van der Waals surface area contributed by atoms with Crippen LogP contribution in [0.2, 0.25) is 0 Å². The number of carbonyl (C=O) groups is 4. The smallest absolute Gasteiger partial charge is 0.331 e. The molecular formula is C71H114O25. The van der Waals surface area contributed by atoms with Crippen LogP contribution in [0.5, 0.6) is 0 Å². The van der Waals surface area contributed by atoms with Gasteiger partial charge in [-0.05, 0) is 71.9 Å². The molecule has 1 aromatic rings. The Bertz CT molecular complexity index is 2470. The maximum absolute atomic E-state index is 14.2. The van der Waals surface area contributed by atoms with Gasteiger partial charge in [-0.15, -0.1) is 0 Å². The van der Waals surface area contributed by atoms with Crippen molar-refractivity contribution in [2.24, 2.45) is 5.92 Å². The zero-order chi connectivity index (χ0) is 69.6. The molecule has 6 saturated heterocycles. The third-order valence-electron chi connectivity index (χ3n) is 19.1. The number of aliphatic hydroxyl groups excluding tert-OH is 7. The van der Waals surface area contributed by atoms with Gasteiger partial charge in [-0.1, -0.05) is 167 Å². The van der Waals surface area contributed by atoms with Crippen LogP contribution in [0.3, 0.4) is 0 Å². The van der Waals surface area contributed by atoms with Crippen LogP contribution >= 0.6 is 0 Å². The number of hydrogen-bond acceptors (Lipinski definition) is 25. The van der Waals surface area contributed by atoms with Gasteiger partial charge in [-0.2, -0.15) is 0 Å². The molecule has 6 aliphatic rings. The van der Waals surface area contributed by atoms with Crippen LogP contribution in [-0.4, -0.2) is 219 Å². The SMILES string of the molecule is CCCCCCCCCCCC(=O)O[C@@H]1[C@@H](O)[C@@H](OC(=O)/C=C/c2ccccc2)[C@H](O[C@@H]2[C@@H](O[C@@H]3O[C@@H](C)[C@H](O)[C@@H](O)[C@H]3O)[C@@H](OC(=O)C(C)C)[C@H](O[C@@H]3[C@@H](O)[C@H]4OC(=O)CCCCCCCCC[C@@H](CCCCC)O[C@@H]5O[C@H](C)[C@@H](O)[C@H](O)[C@H]5O[C@@H]4O[C@H]3C)O[C@H]2C)O[C@H]1C. The normalized spacial score (nSPS) is 38.5. The number of benzene rings is 1. The first-order valence-electron chi connectivity index (χ1n) is 35.9. The molecule has 0 unspecified atom stereocenters. The number of unbranched alkanes of at least 4 members (excludes halogenated alkanes) is 10. The largest absolute Gasteiger partial charge is 0.457 e. The quantitative estimate of drug-likeness (QED) is 0.0208. The molecule has 0 amide bonds. The fraction of sp³-hybridized carbons (Fsp3) is 0.831. The van der Waals surface area contributed by atoms with Gasteiger partial charge in [0.05, 0.1) is 42.5 Å².